The Morgan fingerprint density at radius 1 is 1.39 bits per heavy atom. The Kier molecular flexibility index (Phi) is 4.32. The van der Waals surface area contributed by atoms with Crippen LogP contribution in [0.25, 0.3) is 11.0 Å². The first kappa shape index (κ1) is 15.5. The zero-order valence-electron chi connectivity index (χ0n) is 13.2. The number of aromatic nitrogens is 2. The number of benzene rings is 1. The summed E-state index contributed by atoms with van der Waals surface area (Å²) in [6, 6.07) is 4.83. The number of fused-ring (bicyclic) bond motifs is 1. The fourth-order valence-electron chi connectivity index (χ4n) is 2.96. The number of carbonyl (C=O) groups is 2. The van der Waals surface area contributed by atoms with Crippen molar-refractivity contribution in [2.24, 2.45) is 5.92 Å². The number of carboxylic acids is 1. The summed E-state index contributed by atoms with van der Waals surface area (Å²) in [5, 5.41) is 13.9. The van der Waals surface area contributed by atoms with Crippen molar-refractivity contribution >= 4 is 22.9 Å². The lowest BCUT2D eigenvalue weighted by Gasteiger charge is -2.23. The summed E-state index contributed by atoms with van der Waals surface area (Å²) < 4.78 is 2.05. The topological polar surface area (TPSA) is 87.0 Å². The van der Waals surface area contributed by atoms with Crippen molar-refractivity contribution in [2.75, 3.05) is 6.54 Å². The summed E-state index contributed by atoms with van der Waals surface area (Å²) in [6.45, 7) is 3.31. The van der Waals surface area contributed by atoms with Crippen molar-refractivity contribution in [3.05, 3.63) is 29.6 Å². The molecule has 23 heavy (non-hydrogen) atoms. The van der Waals surface area contributed by atoms with Crippen LogP contribution in [0.5, 0.6) is 0 Å². The van der Waals surface area contributed by atoms with Gasteiger partial charge in [-0.05, 0) is 37.5 Å². The maximum absolute atomic E-state index is 11.9. The highest BCUT2D eigenvalue weighted by atomic mass is 16.4. The van der Waals surface area contributed by atoms with Gasteiger partial charge in [-0.2, -0.15) is 0 Å². The smallest absolute Gasteiger partial charge is 0.223 e. The molecule has 1 fully saturated rings. The highest BCUT2D eigenvalue weighted by Gasteiger charge is 2.24. The Balaban J connectivity index is 1.74. The first-order valence-corrected chi connectivity index (χ1v) is 8.08. The Hall–Kier alpha value is -2.37. The number of hydrogen-bond donors (Lipinski definition) is 1. The molecule has 1 saturated carbocycles. The number of rotatable bonds is 6. The number of carboxylic acid groups (broad SMARTS) is 1. The van der Waals surface area contributed by atoms with E-state index in [0.29, 0.717) is 18.5 Å². The normalized spacial score (nSPS) is 14.7. The van der Waals surface area contributed by atoms with Crippen LogP contribution in [0.4, 0.5) is 0 Å². The van der Waals surface area contributed by atoms with E-state index in [2.05, 4.69) is 10.3 Å². The van der Waals surface area contributed by atoms with Gasteiger partial charge in [0.05, 0.1) is 17.0 Å². The lowest BCUT2D eigenvalue weighted by molar-refractivity contribution is -0.255. The summed E-state index contributed by atoms with van der Waals surface area (Å²) in [4.78, 5) is 27.3. The number of hydrogen-bond acceptors (Lipinski definition) is 4. The maximum Gasteiger partial charge on any atom is 0.223 e. The molecule has 1 N–H and O–H groups in total. The number of amides is 1. The third-order valence-electron chi connectivity index (χ3n) is 4.50. The molecule has 6 nitrogen and oxygen atoms in total. The highest BCUT2D eigenvalue weighted by molar-refractivity contribution is 5.91. The van der Waals surface area contributed by atoms with Gasteiger partial charge in [-0.1, -0.05) is 12.5 Å². The van der Waals surface area contributed by atoms with Crippen LogP contribution >= 0.6 is 0 Å². The molecule has 1 amide bonds. The van der Waals surface area contributed by atoms with Crippen LogP contribution in [-0.2, 0) is 17.8 Å². The molecule has 0 aliphatic heterocycles. The van der Waals surface area contributed by atoms with E-state index in [0.717, 1.165) is 37.1 Å². The van der Waals surface area contributed by atoms with E-state index in [-0.39, 0.29) is 17.4 Å². The number of aromatic carboxylic acids is 1. The summed E-state index contributed by atoms with van der Waals surface area (Å²) in [6.07, 6.45) is 3.75. The van der Waals surface area contributed by atoms with E-state index in [4.69, 9.17) is 0 Å². The molecule has 2 aromatic rings. The van der Waals surface area contributed by atoms with E-state index < -0.39 is 5.97 Å². The molecule has 0 saturated heterocycles. The minimum atomic E-state index is -1.20. The molecule has 1 aromatic carbocycles. The number of carbonyl (C=O) groups excluding carboxylic acids is 2. The van der Waals surface area contributed by atoms with E-state index in [9.17, 15) is 14.7 Å². The van der Waals surface area contributed by atoms with Gasteiger partial charge in [-0.3, -0.25) is 4.79 Å². The molecule has 0 spiro atoms. The predicted molar refractivity (Wildman–Crippen MR) is 83.8 cm³/mol. The molecule has 0 unspecified atom stereocenters. The molecule has 6 heteroatoms. The van der Waals surface area contributed by atoms with Gasteiger partial charge >= 0.3 is 0 Å². The van der Waals surface area contributed by atoms with Crippen molar-refractivity contribution < 1.29 is 14.7 Å². The molecule has 1 aromatic heterocycles. The number of aryl methyl sites for hydroxylation is 1. The zero-order chi connectivity index (χ0) is 16.4. The van der Waals surface area contributed by atoms with Gasteiger partial charge in [0, 0.05) is 25.4 Å². The minimum absolute atomic E-state index is 0.128. The van der Waals surface area contributed by atoms with E-state index >= 15 is 0 Å². The van der Waals surface area contributed by atoms with Crippen LogP contribution in [0.15, 0.2) is 18.2 Å². The Bertz CT molecular complexity index is 747. The predicted octanol–water partition coefficient (Wildman–Crippen LogP) is 0.878. The first-order valence-electron chi connectivity index (χ1n) is 8.08. The molecule has 122 valence electrons. The van der Waals surface area contributed by atoms with Crippen molar-refractivity contribution in [3.8, 4) is 0 Å². The molecule has 1 heterocycles. The van der Waals surface area contributed by atoms with Crippen LogP contribution in [0.3, 0.4) is 0 Å². The van der Waals surface area contributed by atoms with Crippen LogP contribution < -0.4 is 10.4 Å². The van der Waals surface area contributed by atoms with Crippen molar-refractivity contribution in [1.82, 2.24) is 14.9 Å². The standard InChI is InChI=1S/C17H21N3O3/c1-2-20-14-7-6-12(17(22)23)10-13(14)19-15(20)8-9-18-16(21)11-4-3-5-11/h6-7,10-11H,2-5,8-9H2,1H3,(H,18,21)(H,22,23)/p-1. The van der Waals surface area contributed by atoms with Gasteiger partial charge in [-0.15, -0.1) is 0 Å². The Labute approximate surface area is 134 Å². The monoisotopic (exact) mass is 314 g/mol. The molecule has 0 atom stereocenters. The lowest BCUT2D eigenvalue weighted by atomic mass is 9.85. The highest BCUT2D eigenvalue weighted by Crippen LogP contribution is 2.26. The second-order valence-electron chi connectivity index (χ2n) is 5.93. The lowest BCUT2D eigenvalue weighted by Crippen LogP contribution is -2.35. The molecule has 1 aliphatic carbocycles. The van der Waals surface area contributed by atoms with Gasteiger partial charge in [0.2, 0.25) is 5.91 Å². The molecule has 0 bridgehead atoms. The van der Waals surface area contributed by atoms with Crippen LogP contribution in [0.2, 0.25) is 0 Å². The van der Waals surface area contributed by atoms with Crippen molar-refractivity contribution in [2.45, 2.75) is 39.2 Å². The number of nitrogens with one attached hydrogen (secondary N) is 1. The number of nitrogens with zero attached hydrogens (tertiary/aromatic N) is 2. The molecular weight excluding hydrogens is 294 g/mol. The van der Waals surface area contributed by atoms with Gasteiger partial charge in [0.1, 0.15) is 5.82 Å². The average molecular weight is 314 g/mol. The fourth-order valence-corrected chi connectivity index (χ4v) is 2.96. The molecule has 3 rings (SSSR count). The summed E-state index contributed by atoms with van der Waals surface area (Å²) in [5.41, 5.74) is 1.68. The Morgan fingerprint density at radius 3 is 2.78 bits per heavy atom. The van der Waals surface area contributed by atoms with Gasteiger partial charge in [0.25, 0.3) is 0 Å². The van der Waals surface area contributed by atoms with Crippen molar-refractivity contribution in [1.29, 1.82) is 0 Å². The summed E-state index contributed by atoms with van der Waals surface area (Å²) >= 11 is 0. The molecular formula is C17H20N3O3-. The molecule has 0 radical (unpaired) electrons. The summed E-state index contributed by atoms with van der Waals surface area (Å²) in [5.74, 6) is -0.0283. The summed E-state index contributed by atoms with van der Waals surface area (Å²) in [7, 11) is 0. The van der Waals surface area contributed by atoms with Gasteiger partial charge in [0.15, 0.2) is 0 Å². The quantitative estimate of drug-likeness (QED) is 0.857. The SMILES string of the molecule is CCn1c(CCNC(=O)C2CCC2)nc2cc(C(=O)[O-])ccc21. The van der Waals surface area contributed by atoms with Gasteiger partial charge in [-0.25, -0.2) is 4.98 Å². The second kappa shape index (κ2) is 6.40. The van der Waals surface area contributed by atoms with E-state index in [1.54, 1.807) is 6.07 Å². The van der Waals surface area contributed by atoms with Crippen LogP contribution in [-0.4, -0.2) is 28.0 Å². The van der Waals surface area contributed by atoms with E-state index in [1.165, 1.54) is 12.1 Å². The Morgan fingerprint density at radius 2 is 2.17 bits per heavy atom. The maximum atomic E-state index is 11.9. The second-order valence-corrected chi connectivity index (χ2v) is 5.93. The average Bonchev–Trinajstić information content (AvgIpc) is 2.81. The van der Waals surface area contributed by atoms with Crippen LogP contribution in [0.1, 0.15) is 42.4 Å². The number of imidazole rings is 1. The van der Waals surface area contributed by atoms with Gasteiger partial charge < -0.3 is 19.8 Å². The minimum Gasteiger partial charge on any atom is -0.545 e. The first-order chi connectivity index (χ1) is 11.1. The third kappa shape index (κ3) is 3.06. The third-order valence-corrected chi connectivity index (χ3v) is 4.50. The van der Waals surface area contributed by atoms with Crippen LogP contribution in [0, 0.1) is 5.92 Å². The van der Waals surface area contributed by atoms with Crippen molar-refractivity contribution in [3.63, 3.8) is 0 Å². The van der Waals surface area contributed by atoms with E-state index in [1.807, 2.05) is 11.5 Å². The largest absolute Gasteiger partial charge is 0.545 e. The fraction of sp³-hybridized carbons (Fsp3) is 0.471. The zero-order valence-corrected chi connectivity index (χ0v) is 13.2. The molecule has 1 aliphatic rings.